The van der Waals surface area contributed by atoms with Crippen molar-refractivity contribution in [3.63, 3.8) is 0 Å². The van der Waals surface area contributed by atoms with Gasteiger partial charge in [-0.2, -0.15) is 0 Å². The zero-order valence-electron chi connectivity index (χ0n) is 14.3. The van der Waals surface area contributed by atoms with Gasteiger partial charge in [0.2, 0.25) is 5.91 Å². The molecule has 0 spiro atoms. The summed E-state index contributed by atoms with van der Waals surface area (Å²) in [4.78, 5) is 33.4. The normalized spacial score (nSPS) is 25.1. The van der Waals surface area contributed by atoms with Gasteiger partial charge in [0.05, 0.1) is 23.3 Å². The van der Waals surface area contributed by atoms with Crippen molar-refractivity contribution in [2.45, 2.75) is 31.9 Å². The number of nitrogens with zero attached hydrogens (tertiary/aromatic N) is 2. The first-order valence-corrected chi connectivity index (χ1v) is 9.55. The fraction of sp³-hybridized carbons (Fsp3) is 0.300. The van der Waals surface area contributed by atoms with Crippen LogP contribution < -0.4 is 9.96 Å². The molecule has 3 atom stereocenters. The molecular formula is C20H19BrN2O3. The van der Waals surface area contributed by atoms with Crippen molar-refractivity contribution in [3.05, 3.63) is 59.1 Å². The van der Waals surface area contributed by atoms with Crippen molar-refractivity contribution < 1.29 is 14.4 Å². The third-order valence-corrected chi connectivity index (χ3v) is 5.45. The van der Waals surface area contributed by atoms with Crippen molar-refractivity contribution >= 4 is 39.1 Å². The minimum Gasteiger partial charge on any atom is -0.273 e. The van der Waals surface area contributed by atoms with Crippen LogP contribution in [0.1, 0.15) is 19.8 Å². The molecule has 0 unspecified atom stereocenters. The molecule has 2 saturated heterocycles. The summed E-state index contributed by atoms with van der Waals surface area (Å²) in [6.45, 7) is 2.07. The molecule has 4 rings (SSSR count). The SMILES string of the molecule is CCC[C@@H]1[C@@H]2C(=O)N(c3ccc(Br)cc3)C(=O)[C@@H]2ON1c1ccccc1. The Morgan fingerprint density at radius 3 is 2.31 bits per heavy atom. The summed E-state index contributed by atoms with van der Waals surface area (Å²) in [5.74, 6) is -0.952. The first kappa shape index (κ1) is 17.2. The minimum atomic E-state index is -0.761. The number of hydrogen-bond acceptors (Lipinski definition) is 4. The molecule has 2 fully saturated rings. The molecule has 2 amide bonds. The molecule has 134 valence electrons. The van der Waals surface area contributed by atoms with E-state index >= 15 is 0 Å². The Morgan fingerprint density at radius 2 is 1.65 bits per heavy atom. The molecule has 2 aliphatic rings. The molecule has 6 heteroatoms. The smallest absolute Gasteiger partial charge is 0.266 e. The van der Waals surface area contributed by atoms with Crippen molar-refractivity contribution in [1.82, 2.24) is 0 Å². The molecule has 0 aliphatic carbocycles. The Balaban J connectivity index is 1.67. The number of hydroxylamine groups is 1. The highest BCUT2D eigenvalue weighted by molar-refractivity contribution is 9.10. The fourth-order valence-electron chi connectivity index (χ4n) is 3.76. The second-order valence-electron chi connectivity index (χ2n) is 6.56. The number of para-hydroxylation sites is 1. The number of fused-ring (bicyclic) bond motifs is 1. The molecule has 0 bridgehead atoms. The summed E-state index contributed by atoms with van der Waals surface area (Å²) < 4.78 is 0.899. The van der Waals surface area contributed by atoms with Crippen LogP contribution in [0.4, 0.5) is 11.4 Å². The van der Waals surface area contributed by atoms with E-state index in [1.165, 1.54) is 4.90 Å². The highest BCUT2D eigenvalue weighted by atomic mass is 79.9. The van der Waals surface area contributed by atoms with E-state index in [1.54, 1.807) is 17.2 Å². The lowest BCUT2D eigenvalue weighted by atomic mass is 9.93. The average molecular weight is 415 g/mol. The Hall–Kier alpha value is -2.18. The summed E-state index contributed by atoms with van der Waals surface area (Å²) in [5.41, 5.74) is 1.46. The van der Waals surface area contributed by atoms with Gasteiger partial charge in [-0.3, -0.25) is 14.4 Å². The molecule has 2 heterocycles. The third-order valence-electron chi connectivity index (χ3n) is 4.92. The predicted octanol–water partition coefficient (Wildman–Crippen LogP) is 3.93. The maximum Gasteiger partial charge on any atom is 0.266 e. The van der Waals surface area contributed by atoms with Crippen molar-refractivity contribution in [3.8, 4) is 0 Å². The van der Waals surface area contributed by atoms with Crippen molar-refractivity contribution in [2.75, 3.05) is 9.96 Å². The van der Waals surface area contributed by atoms with Gasteiger partial charge in [0, 0.05) is 4.47 Å². The molecule has 0 radical (unpaired) electrons. The van der Waals surface area contributed by atoms with Crippen molar-refractivity contribution in [2.24, 2.45) is 5.92 Å². The summed E-state index contributed by atoms with van der Waals surface area (Å²) in [5, 5.41) is 1.76. The van der Waals surface area contributed by atoms with Crippen LogP contribution in [-0.2, 0) is 14.4 Å². The van der Waals surface area contributed by atoms with Gasteiger partial charge in [0.1, 0.15) is 0 Å². The van der Waals surface area contributed by atoms with Crippen LogP contribution in [0.5, 0.6) is 0 Å². The van der Waals surface area contributed by atoms with Gasteiger partial charge in [-0.25, -0.2) is 9.96 Å². The topological polar surface area (TPSA) is 49.9 Å². The van der Waals surface area contributed by atoms with E-state index < -0.39 is 12.0 Å². The predicted molar refractivity (Wildman–Crippen MR) is 103 cm³/mol. The second-order valence-corrected chi connectivity index (χ2v) is 7.47. The second kappa shape index (κ2) is 6.85. The van der Waals surface area contributed by atoms with Crippen LogP contribution in [0.2, 0.25) is 0 Å². The number of hydrogen-bond donors (Lipinski definition) is 0. The van der Waals surface area contributed by atoms with E-state index in [9.17, 15) is 9.59 Å². The maximum atomic E-state index is 13.1. The van der Waals surface area contributed by atoms with E-state index in [2.05, 4.69) is 22.9 Å². The molecule has 2 aromatic carbocycles. The van der Waals surface area contributed by atoms with Gasteiger partial charge >= 0.3 is 0 Å². The van der Waals surface area contributed by atoms with E-state index in [4.69, 9.17) is 4.84 Å². The Morgan fingerprint density at radius 1 is 0.962 bits per heavy atom. The van der Waals surface area contributed by atoms with Gasteiger partial charge < -0.3 is 0 Å². The van der Waals surface area contributed by atoms with E-state index in [1.807, 2.05) is 42.5 Å². The Kier molecular flexibility index (Phi) is 4.54. The van der Waals surface area contributed by atoms with Crippen molar-refractivity contribution in [1.29, 1.82) is 0 Å². The van der Waals surface area contributed by atoms with Crippen LogP contribution in [-0.4, -0.2) is 24.0 Å². The molecular weight excluding hydrogens is 396 g/mol. The number of carbonyl (C=O) groups excluding carboxylic acids is 2. The number of carbonyl (C=O) groups is 2. The number of imide groups is 1. The maximum absolute atomic E-state index is 13.1. The minimum absolute atomic E-state index is 0.149. The highest BCUT2D eigenvalue weighted by Gasteiger charge is 2.59. The lowest BCUT2D eigenvalue weighted by Crippen LogP contribution is -2.40. The van der Waals surface area contributed by atoms with Crippen LogP contribution in [0.3, 0.4) is 0 Å². The first-order valence-electron chi connectivity index (χ1n) is 8.76. The summed E-state index contributed by atoms with van der Waals surface area (Å²) in [6.07, 6.45) is 0.923. The standard InChI is InChI=1S/C20H19BrN2O3/c1-2-6-16-17-18(26-23(16)15-7-4-3-5-8-15)20(25)22(19(17)24)14-11-9-13(21)10-12-14/h3-5,7-12,16-18H,2,6H2,1H3/t16-,17+,18-/m1/s1. The number of rotatable bonds is 4. The van der Waals surface area contributed by atoms with Gasteiger partial charge in [-0.05, 0) is 42.8 Å². The molecule has 2 aliphatic heterocycles. The highest BCUT2D eigenvalue weighted by Crippen LogP contribution is 2.41. The quantitative estimate of drug-likeness (QED) is 0.711. The number of halogens is 1. The van der Waals surface area contributed by atoms with Gasteiger partial charge in [-0.15, -0.1) is 0 Å². The molecule has 0 saturated carbocycles. The Labute approximate surface area is 160 Å². The molecule has 26 heavy (non-hydrogen) atoms. The molecule has 0 N–H and O–H groups in total. The number of anilines is 2. The summed E-state index contributed by atoms with van der Waals surface area (Å²) >= 11 is 3.38. The zero-order chi connectivity index (χ0) is 18.3. The van der Waals surface area contributed by atoms with Gasteiger partial charge in [0.25, 0.3) is 5.91 Å². The van der Waals surface area contributed by atoms with Crippen LogP contribution in [0, 0.1) is 5.92 Å². The zero-order valence-corrected chi connectivity index (χ0v) is 15.9. The lowest BCUT2D eigenvalue weighted by molar-refractivity contribution is -0.126. The number of amides is 2. The van der Waals surface area contributed by atoms with Gasteiger partial charge in [0.15, 0.2) is 6.10 Å². The van der Waals surface area contributed by atoms with E-state index in [0.717, 1.165) is 23.0 Å². The van der Waals surface area contributed by atoms with E-state index in [-0.39, 0.29) is 17.9 Å². The van der Waals surface area contributed by atoms with Gasteiger partial charge in [-0.1, -0.05) is 47.5 Å². The molecule has 0 aromatic heterocycles. The van der Waals surface area contributed by atoms with E-state index in [0.29, 0.717) is 5.69 Å². The molecule has 2 aromatic rings. The summed E-state index contributed by atoms with van der Waals surface area (Å²) in [6, 6.07) is 16.7. The van der Waals surface area contributed by atoms with Crippen LogP contribution in [0.25, 0.3) is 0 Å². The first-order chi connectivity index (χ1) is 12.6. The largest absolute Gasteiger partial charge is 0.273 e. The monoisotopic (exact) mass is 414 g/mol. The third kappa shape index (κ3) is 2.73. The Bertz CT molecular complexity index is 825. The number of benzene rings is 2. The van der Waals surface area contributed by atoms with Crippen LogP contribution in [0.15, 0.2) is 59.1 Å². The summed E-state index contributed by atoms with van der Waals surface area (Å²) in [7, 11) is 0. The molecule has 5 nitrogen and oxygen atoms in total. The lowest BCUT2D eigenvalue weighted by Gasteiger charge is -2.28. The van der Waals surface area contributed by atoms with Crippen LogP contribution >= 0.6 is 15.9 Å². The fourth-order valence-corrected chi connectivity index (χ4v) is 4.02. The average Bonchev–Trinajstić information content (AvgIpc) is 3.14.